The largest absolute Gasteiger partial charge is 0.416 e. The maximum atomic E-state index is 13.7. The highest BCUT2D eigenvalue weighted by Gasteiger charge is 2.46. The van der Waals surface area contributed by atoms with E-state index in [-0.39, 0.29) is 16.9 Å². The summed E-state index contributed by atoms with van der Waals surface area (Å²) in [6, 6.07) is 12.9. The van der Waals surface area contributed by atoms with E-state index in [9.17, 15) is 23.2 Å². The van der Waals surface area contributed by atoms with E-state index in [0.29, 0.717) is 35.5 Å². The summed E-state index contributed by atoms with van der Waals surface area (Å²) in [5.41, 5.74) is 1.38. The van der Waals surface area contributed by atoms with Crippen LogP contribution in [0.15, 0.2) is 82.5 Å². The summed E-state index contributed by atoms with van der Waals surface area (Å²) >= 11 is 1.48. The molecule has 0 fully saturated rings. The molecule has 0 bridgehead atoms. The number of nitrogens with zero attached hydrogens (tertiary/aromatic N) is 3. The number of alkyl halides is 3. The van der Waals surface area contributed by atoms with Crippen LogP contribution in [0, 0.1) is 16.7 Å². The highest BCUT2D eigenvalue weighted by Crippen LogP contribution is 2.52. The molecule has 1 atom stereocenters. The minimum atomic E-state index is -4.53. The average molecular weight is 494 g/mol. The average Bonchev–Trinajstić information content (AvgIpc) is 3.50. The number of benzene rings is 1. The summed E-state index contributed by atoms with van der Waals surface area (Å²) in [6.07, 6.45) is -0.216. The van der Waals surface area contributed by atoms with Gasteiger partial charge in [-0.15, -0.1) is 0 Å². The first-order valence-corrected chi connectivity index (χ1v) is 12.1. The number of halogens is 3. The molecule has 0 N–H and O–H groups in total. The van der Waals surface area contributed by atoms with Crippen LogP contribution in [0.25, 0.3) is 5.82 Å². The Hall–Kier alpha value is -3.57. The summed E-state index contributed by atoms with van der Waals surface area (Å²) in [6.45, 7) is 3.97. The number of hydrogen-bond acceptors (Lipinski definition) is 4. The Morgan fingerprint density at radius 1 is 1.11 bits per heavy atom. The van der Waals surface area contributed by atoms with Gasteiger partial charge in [-0.2, -0.15) is 29.8 Å². The Morgan fingerprint density at radius 2 is 1.86 bits per heavy atom. The number of Topliss-reactive ketones (excluding diaryl/α,β-unsaturated/α-hetero) is 1. The zero-order valence-electron chi connectivity index (χ0n) is 19.1. The Morgan fingerprint density at radius 3 is 2.49 bits per heavy atom. The molecule has 2 aliphatic rings. The summed E-state index contributed by atoms with van der Waals surface area (Å²) in [5, 5.41) is 14.2. The standard InChI is InChI=1S/C27H22F3N3OS/c1-26(2)13-21-24(22(34)14-26)23(17-8-11-35-16-17)20(15-31)25(32-9-3-4-10-32)33(21)19-7-5-6-18(12-19)27(28,29)30/h3-12,16,23H,13-14H2,1-2H3. The van der Waals surface area contributed by atoms with Gasteiger partial charge in [0.1, 0.15) is 5.82 Å². The molecule has 0 saturated carbocycles. The number of rotatable bonds is 3. The zero-order chi connectivity index (χ0) is 25.0. The van der Waals surface area contributed by atoms with Crippen molar-refractivity contribution in [3.63, 3.8) is 0 Å². The number of allylic oxidation sites excluding steroid dienone is 3. The van der Waals surface area contributed by atoms with Gasteiger partial charge in [0, 0.05) is 35.8 Å². The first-order chi connectivity index (χ1) is 16.6. The van der Waals surface area contributed by atoms with Gasteiger partial charge in [0.15, 0.2) is 5.78 Å². The lowest BCUT2D eigenvalue weighted by Gasteiger charge is -2.44. The van der Waals surface area contributed by atoms with Crippen molar-refractivity contribution in [3.8, 4) is 6.07 Å². The van der Waals surface area contributed by atoms with Crippen molar-refractivity contribution < 1.29 is 18.0 Å². The minimum Gasteiger partial charge on any atom is -0.309 e. The molecule has 5 rings (SSSR count). The molecule has 0 amide bonds. The molecule has 3 heterocycles. The van der Waals surface area contributed by atoms with Gasteiger partial charge >= 0.3 is 6.18 Å². The minimum absolute atomic E-state index is 0.0799. The first-order valence-electron chi connectivity index (χ1n) is 11.1. The second-order valence-corrected chi connectivity index (χ2v) is 10.4. The lowest BCUT2D eigenvalue weighted by Crippen LogP contribution is -2.40. The second-order valence-electron chi connectivity index (χ2n) is 9.61. The molecule has 1 aromatic carbocycles. The van der Waals surface area contributed by atoms with Gasteiger partial charge in [0.2, 0.25) is 0 Å². The Bertz CT molecular complexity index is 1390. The van der Waals surface area contributed by atoms with E-state index in [1.165, 1.54) is 17.4 Å². The fourth-order valence-electron chi connectivity index (χ4n) is 5.07. The quantitative estimate of drug-likeness (QED) is 0.387. The summed E-state index contributed by atoms with van der Waals surface area (Å²) in [5.74, 6) is -0.217. The molecule has 0 saturated heterocycles. The van der Waals surface area contributed by atoms with Gasteiger partial charge in [-0.05, 0) is 64.6 Å². The number of thiophene rings is 1. The number of ketones is 1. The van der Waals surface area contributed by atoms with Gasteiger partial charge < -0.3 is 4.57 Å². The Kier molecular flexibility index (Phi) is 5.48. The van der Waals surface area contributed by atoms with E-state index < -0.39 is 17.7 Å². The van der Waals surface area contributed by atoms with Crippen LogP contribution in [-0.2, 0) is 11.0 Å². The summed E-state index contributed by atoms with van der Waals surface area (Å²) < 4.78 is 42.7. The van der Waals surface area contributed by atoms with Crippen molar-refractivity contribution in [1.29, 1.82) is 5.26 Å². The van der Waals surface area contributed by atoms with Gasteiger partial charge in [0.05, 0.1) is 23.1 Å². The number of carbonyl (C=O) groups excluding carboxylic acids is 1. The van der Waals surface area contributed by atoms with Crippen LogP contribution in [0.5, 0.6) is 0 Å². The fraction of sp³-hybridized carbons (Fsp3) is 0.259. The van der Waals surface area contributed by atoms with Gasteiger partial charge in [-0.3, -0.25) is 9.69 Å². The molecule has 8 heteroatoms. The Balaban J connectivity index is 1.85. The van der Waals surface area contributed by atoms with Crippen molar-refractivity contribution >= 4 is 28.6 Å². The number of nitriles is 1. The van der Waals surface area contributed by atoms with Crippen molar-refractivity contribution in [3.05, 3.63) is 93.6 Å². The molecule has 1 unspecified atom stereocenters. The SMILES string of the molecule is CC1(C)CC(=O)C2=C(C1)N(c1cccc(C(F)(F)F)c1)C(n1cccc1)=C(C#N)C2c1ccsc1. The predicted molar refractivity (Wildman–Crippen MR) is 129 cm³/mol. The molecule has 2 aromatic heterocycles. The molecule has 0 spiro atoms. The fourth-order valence-corrected chi connectivity index (χ4v) is 5.75. The van der Waals surface area contributed by atoms with Crippen LogP contribution in [0.3, 0.4) is 0 Å². The molecule has 3 aromatic rings. The predicted octanol–water partition coefficient (Wildman–Crippen LogP) is 7.21. The van der Waals surface area contributed by atoms with E-state index in [2.05, 4.69) is 6.07 Å². The highest BCUT2D eigenvalue weighted by molar-refractivity contribution is 7.08. The van der Waals surface area contributed by atoms with Gasteiger partial charge in [-0.1, -0.05) is 19.9 Å². The molecular weight excluding hydrogens is 471 g/mol. The maximum absolute atomic E-state index is 13.7. The third-order valence-corrected chi connectivity index (χ3v) is 7.18. The lowest BCUT2D eigenvalue weighted by molar-refractivity contribution is -0.137. The van der Waals surface area contributed by atoms with Crippen LogP contribution in [0.1, 0.15) is 43.7 Å². The molecule has 178 valence electrons. The topological polar surface area (TPSA) is 49.0 Å². The normalized spacial score (nSPS) is 20.2. The summed E-state index contributed by atoms with van der Waals surface area (Å²) in [4.78, 5) is 15.3. The molecule has 1 aliphatic carbocycles. The first kappa shape index (κ1) is 23.2. The third kappa shape index (κ3) is 4.00. The molecule has 0 radical (unpaired) electrons. The van der Waals surface area contributed by atoms with Crippen LogP contribution in [0.2, 0.25) is 0 Å². The zero-order valence-corrected chi connectivity index (χ0v) is 20.0. The number of aromatic nitrogens is 1. The molecule has 4 nitrogen and oxygen atoms in total. The monoisotopic (exact) mass is 493 g/mol. The third-order valence-electron chi connectivity index (χ3n) is 6.47. The van der Waals surface area contributed by atoms with Crippen molar-refractivity contribution in [2.45, 2.75) is 38.8 Å². The smallest absolute Gasteiger partial charge is 0.309 e. The van der Waals surface area contributed by atoms with Crippen molar-refractivity contribution in [1.82, 2.24) is 4.57 Å². The van der Waals surface area contributed by atoms with Crippen LogP contribution >= 0.6 is 11.3 Å². The number of carbonyl (C=O) groups is 1. The molecule has 1 aliphatic heterocycles. The lowest BCUT2D eigenvalue weighted by atomic mass is 9.69. The van der Waals surface area contributed by atoms with E-state index in [0.717, 1.165) is 17.7 Å². The van der Waals surface area contributed by atoms with E-state index in [1.807, 2.05) is 30.7 Å². The van der Waals surface area contributed by atoms with Crippen molar-refractivity contribution in [2.24, 2.45) is 5.41 Å². The number of anilines is 1. The van der Waals surface area contributed by atoms with E-state index >= 15 is 0 Å². The maximum Gasteiger partial charge on any atom is 0.416 e. The number of hydrogen-bond donors (Lipinski definition) is 0. The van der Waals surface area contributed by atoms with Crippen LogP contribution < -0.4 is 4.90 Å². The second kappa shape index (κ2) is 8.28. The summed E-state index contributed by atoms with van der Waals surface area (Å²) in [7, 11) is 0. The van der Waals surface area contributed by atoms with Gasteiger partial charge in [-0.25, -0.2) is 0 Å². The van der Waals surface area contributed by atoms with Crippen LogP contribution in [0.4, 0.5) is 18.9 Å². The van der Waals surface area contributed by atoms with E-state index in [1.54, 1.807) is 40.1 Å². The highest BCUT2D eigenvalue weighted by atomic mass is 32.1. The van der Waals surface area contributed by atoms with Gasteiger partial charge in [0.25, 0.3) is 0 Å². The molecule has 35 heavy (non-hydrogen) atoms. The van der Waals surface area contributed by atoms with E-state index in [4.69, 9.17) is 0 Å². The Labute approximate surface area is 205 Å². The van der Waals surface area contributed by atoms with Crippen molar-refractivity contribution in [2.75, 3.05) is 4.90 Å². The van der Waals surface area contributed by atoms with Crippen LogP contribution in [-0.4, -0.2) is 10.4 Å². The molecular formula is C27H22F3N3OS.